The third-order valence-corrected chi connectivity index (χ3v) is 3.11. The van der Waals surface area contributed by atoms with Crippen LogP contribution in [0.4, 0.5) is 5.69 Å². The summed E-state index contributed by atoms with van der Waals surface area (Å²) < 4.78 is 7.65. The Kier molecular flexibility index (Phi) is 4.29. The molecule has 0 radical (unpaired) electrons. The van der Waals surface area contributed by atoms with Crippen molar-refractivity contribution >= 4 is 5.69 Å². The summed E-state index contributed by atoms with van der Waals surface area (Å²) in [5, 5.41) is 13.3. The number of nitrogen functional groups attached to an aromatic ring is 1. The van der Waals surface area contributed by atoms with E-state index in [2.05, 4.69) is 5.10 Å². The van der Waals surface area contributed by atoms with Crippen LogP contribution in [0.5, 0.6) is 11.6 Å². The maximum absolute atomic E-state index is 8.90. The third kappa shape index (κ3) is 2.93. The molecule has 0 amide bonds. The van der Waals surface area contributed by atoms with Gasteiger partial charge in [0.1, 0.15) is 11.4 Å². The van der Waals surface area contributed by atoms with E-state index in [1.165, 1.54) is 0 Å². The highest BCUT2D eigenvalue weighted by Gasteiger charge is 2.16. The van der Waals surface area contributed by atoms with Crippen molar-refractivity contribution in [2.24, 2.45) is 0 Å². The summed E-state index contributed by atoms with van der Waals surface area (Å²) in [6, 6.07) is 7.79. The number of benzene rings is 1. The number of nitrogens with two attached hydrogens (primary N) is 1. The molecule has 5 nitrogen and oxygen atoms in total. The Morgan fingerprint density at radius 2 is 1.95 bits per heavy atom. The molecule has 0 fully saturated rings. The number of aryl methyl sites for hydroxylation is 1. The van der Waals surface area contributed by atoms with E-state index in [9.17, 15) is 0 Å². The summed E-state index contributed by atoms with van der Waals surface area (Å²) in [5.74, 6) is 1.28. The second-order valence-corrected chi connectivity index (χ2v) is 5.06. The van der Waals surface area contributed by atoms with Gasteiger partial charge in [-0.3, -0.25) is 0 Å². The number of anilines is 1. The topological polar surface area (TPSA) is 73.3 Å². The van der Waals surface area contributed by atoms with Crippen LogP contribution in [0.15, 0.2) is 24.3 Å². The molecule has 1 aromatic heterocycles. The molecule has 20 heavy (non-hydrogen) atoms. The molecule has 0 aliphatic carbocycles. The number of aliphatic hydroxyl groups excluding tert-OH is 1. The van der Waals surface area contributed by atoms with E-state index in [1.807, 2.05) is 45.0 Å². The second-order valence-electron chi connectivity index (χ2n) is 5.06. The average molecular weight is 275 g/mol. The van der Waals surface area contributed by atoms with Gasteiger partial charge in [-0.15, -0.1) is 0 Å². The van der Waals surface area contributed by atoms with E-state index >= 15 is 0 Å². The fourth-order valence-corrected chi connectivity index (χ4v) is 1.96. The summed E-state index contributed by atoms with van der Waals surface area (Å²) in [6.45, 7) is 6.07. The maximum Gasteiger partial charge on any atom is 0.241 e. The highest BCUT2D eigenvalue weighted by Crippen LogP contribution is 2.32. The molecule has 0 unspecified atom stereocenters. The standard InChI is InChI=1S/C15H21N3O2/c1-10(2)18-15(14(16)11(3)17-18)20-13-6-4-12(5-7-13)8-9-19/h4-7,10,19H,8-9,16H2,1-3H3. The lowest BCUT2D eigenvalue weighted by Gasteiger charge is -2.12. The molecule has 1 heterocycles. The lowest BCUT2D eigenvalue weighted by atomic mass is 10.1. The molecule has 108 valence electrons. The molecule has 0 aliphatic heterocycles. The lowest BCUT2D eigenvalue weighted by molar-refractivity contribution is 0.299. The molecule has 0 spiro atoms. The number of nitrogens with zero attached hydrogens (tertiary/aromatic N) is 2. The van der Waals surface area contributed by atoms with Crippen molar-refractivity contribution in [3.63, 3.8) is 0 Å². The van der Waals surface area contributed by atoms with E-state index < -0.39 is 0 Å². The first-order chi connectivity index (χ1) is 9.52. The van der Waals surface area contributed by atoms with E-state index in [0.717, 1.165) is 11.3 Å². The quantitative estimate of drug-likeness (QED) is 0.880. The number of aliphatic hydroxyl groups is 1. The zero-order chi connectivity index (χ0) is 14.7. The normalized spacial score (nSPS) is 11.1. The minimum absolute atomic E-state index is 0.145. The van der Waals surface area contributed by atoms with Crippen LogP contribution in [0, 0.1) is 6.92 Å². The molecule has 0 saturated heterocycles. The molecule has 5 heteroatoms. The van der Waals surface area contributed by atoms with Crippen molar-refractivity contribution < 1.29 is 9.84 Å². The van der Waals surface area contributed by atoms with Crippen molar-refractivity contribution in [3.8, 4) is 11.6 Å². The Labute approximate surface area is 119 Å². The Hall–Kier alpha value is -2.01. The van der Waals surface area contributed by atoms with Gasteiger partial charge in [0, 0.05) is 6.61 Å². The Balaban J connectivity index is 2.25. The van der Waals surface area contributed by atoms with Gasteiger partial charge in [-0.25, -0.2) is 4.68 Å². The fraction of sp³-hybridized carbons (Fsp3) is 0.400. The smallest absolute Gasteiger partial charge is 0.241 e. The van der Waals surface area contributed by atoms with Gasteiger partial charge in [-0.1, -0.05) is 12.1 Å². The number of ether oxygens (including phenoxy) is 1. The van der Waals surface area contributed by atoms with Crippen LogP contribution < -0.4 is 10.5 Å². The van der Waals surface area contributed by atoms with Crippen LogP contribution in [0.1, 0.15) is 31.1 Å². The van der Waals surface area contributed by atoms with Gasteiger partial charge in [-0.05, 0) is 44.9 Å². The third-order valence-electron chi connectivity index (χ3n) is 3.11. The molecule has 3 N–H and O–H groups in total. The van der Waals surface area contributed by atoms with Crippen molar-refractivity contribution in [1.29, 1.82) is 0 Å². The molecular weight excluding hydrogens is 254 g/mol. The van der Waals surface area contributed by atoms with Gasteiger partial charge in [-0.2, -0.15) is 5.10 Å². The van der Waals surface area contributed by atoms with E-state index in [-0.39, 0.29) is 12.6 Å². The molecule has 2 aromatic rings. The Morgan fingerprint density at radius 1 is 1.30 bits per heavy atom. The summed E-state index contributed by atoms with van der Waals surface area (Å²) in [6.07, 6.45) is 0.644. The van der Waals surface area contributed by atoms with Crippen LogP contribution in [0.3, 0.4) is 0 Å². The lowest BCUT2D eigenvalue weighted by Crippen LogP contribution is -2.05. The van der Waals surface area contributed by atoms with Gasteiger partial charge in [0.2, 0.25) is 5.88 Å². The van der Waals surface area contributed by atoms with Crippen molar-refractivity contribution in [2.45, 2.75) is 33.2 Å². The Morgan fingerprint density at radius 3 is 2.50 bits per heavy atom. The second kappa shape index (κ2) is 5.96. The van der Waals surface area contributed by atoms with Gasteiger partial charge in [0.05, 0.1) is 11.7 Å². The predicted molar refractivity (Wildman–Crippen MR) is 79.1 cm³/mol. The van der Waals surface area contributed by atoms with Crippen LogP contribution in [-0.4, -0.2) is 21.5 Å². The summed E-state index contributed by atoms with van der Waals surface area (Å²) in [7, 11) is 0. The first-order valence-corrected chi connectivity index (χ1v) is 6.75. The number of rotatable bonds is 5. The molecular formula is C15H21N3O2. The van der Waals surface area contributed by atoms with Crippen LogP contribution in [-0.2, 0) is 6.42 Å². The van der Waals surface area contributed by atoms with Crippen LogP contribution in [0.25, 0.3) is 0 Å². The molecule has 0 atom stereocenters. The van der Waals surface area contributed by atoms with Crippen LogP contribution in [0.2, 0.25) is 0 Å². The van der Waals surface area contributed by atoms with E-state index in [1.54, 1.807) is 4.68 Å². The molecule has 0 aliphatic rings. The van der Waals surface area contributed by atoms with Crippen molar-refractivity contribution in [3.05, 3.63) is 35.5 Å². The van der Waals surface area contributed by atoms with Gasteiger partial charge in [0.25, 0.3) is 0 Å². The van der Waals surface area contributed by atoms with E-state index in [0.29, 0.717) is 23.7 Å². The Bertz CT molecular complexity index is 574. The highest BCUT2D eigenvalue weighted by molar-refractivity contribution is 5.54. The molecule has 2 rings (SSSR count). The minimum Gasteiger partial charge on any atom is -0.437 e. The minimum atomic E-state index is 0.145. The zero-order valence-electron chi connectivity index (χ0n) is 12.1. The summed E-state index contributed by atoms with van der Waals surface area (Å²) in [4.78, 5) is 0. The molecule has 0 saturated carbocycles. The molecule has 0 bridgehead atoms. The average Bonchev–Trinajstić information content (AvgIpc) is 2.70. The van der Waals surface area contributed by atoms with Gasteiger partial charge < -0.3 is 15.6 Å². The monoisotopic (exact) mass is 275 g/mol. The van der Waals surface area contributed by atoms with Crippen molar-refractivity contribution in [1.82, 2.24) is 9.78 Å². The van der Waals surface area contributed by atoms with Gasteiger partial charge in [0.15, 0.2) is 0 Å². The highest BCUT2D eigenvalue weighted by atomic mass is 16.5. The predicted octanol–water partition coefficient (Wildman–Crippen LogP) is 2.68. The van der Waals surface area contributed by atoms with Crippen LogP contribution >= 0.6 is 0 Å². The summed E-state index contributed by atoms with van der Waals surface area (Å²) in [5.41, 5.74) is 8.43. The molecule has 1 aromatic carbocycles. The SMILES string of the molecule is Cc1nn(C(C)C)c(Oc2ccc(CCO)cc2)c1N. The first-order valence-electron chi connectivity index (χ1n) is 6.75. The fourth-order valence-electron chi connectivity index (χ4n) is 1.96. The largest absolute Gasteiger partial charge is 0.437 e. The first kappa shape index (κ1) is 14.4. The zero-order valence-corrected chi connectivity index (χ0v) is 12.1. The van der Waals surface area contributed by atoms with Gasteiger partial charge >= 0.3 is 0 Å². The van der Waals surface area contributed by atoms with Crippen molar-refractivity contribution in [2.75, 3.05) is 12.3 Å². The number of hydrogen-bond acceptors (Lipinski definition) is 4. The maximum atomic E-state index is 8.90. The number of aromatic nitrogens is 2. The van der Waals surface area contributed by atoms with E-state index in [4.69, 9.17) is 15.6 Å². The summed E-state index contributed by atoms with van der Waals surface area (Å²) >= 11 is 0. The number of hydrogen-bond donors (Lipinski definition) is 2.